The summed E-state index contributed by atoms with van der Waals surface area (Å²) in [5, 5.41) is 5.04. The maximum atomic E-state index is 2.48. The summed E-state index contributed by atoms with van der Waals surface area (Å²) in [6.07, 6.45) is 6.52. The molecule has 9 aromatic carbocycles. The number of nitrogens with zero attached hydrogens (tertiary/aromatic N) is 3. The van der Waals surface area contributed by atoms with Gasteiger partial charge in [-0.05, 0) is 132 Å². The van der Waals surface area contributed by atoms with Gasteiger partial charge in [-0.3, -0.25) is 0 Å². The Morgan fingerprint density at radius 3 is 1.69 bits per heavy atom. The minimum Gasteiger partial charge on any atom is -0.314 e. The predicted molar refractivity (Wildman–Crippen MR) is 274 cm³/mol. The number of rotatable bonds is 9. The van der Waals surface area contributed by atoms with Crippen molar-refractivity contribution in [2.24, 2.45) is 0 Å². The molecule has 0 radical (unpaired) electrons. The van der Waals surface area contributed by atoms with Crippen molar-refractivity contribution in [2.75, 3.05) is 9.80 Å². The number of thiophene rings is 1. The van der Waals surface area contributed by atoms with E-state index in [4.69, 9.17) is 0 Å². The molecule has 11 aromatic rings. The molecule has 0 amide bonds. The summed E-state index contributed by atoms with van der Waals surface area (Å²) in [6.45, 7) is 0. The van der Waals surface area contributed by atoms with Gasteiger partial charge in [-0.2, -0.15) is 0 Å². The highest BCUT2D eigenvalue weighted by molar-refractivity contribution is 7.25. The Morgan fingerprint density at radius 2 is 0.953 bits per heavy atom. The molecule has 0 fully saturated rings. The van der Waals surface area contributed by atoms with Crippen molar-refractivity contribution in [3.05, 3.63) is 248 Å². The average Bonchev–Trinajstić information content (AvgIpc) is 3.91. The Hall–Kier alpha value is -7.92. The molecular formula is C60H43N3S. The van der Waals surface area contributed by atoms with Gasteiger partial charge in [0.05, 0.1) is 11.0 Å². The highest BCUT2D eigenvalue weighted by atomic mass is 32.1. The molecule has 0 unspecified atom stereocenters. The maximum absolute atomic E-state index is 2.48. The van der Waals surface area contributed by atoms with E-state index in [2.05, 4.69) is 251 Å². The number of para-hydroxylation sites is 4. The first-order valence-electron chi connectivity index (χ1n) is 22.0. The molecule has 0 saturated heterocycles. The Bertz CT molecular complexity index is 3550. The topological polar surface area (TPSA) is 11.4 Å². The molecular weight excluding hydrogens is 795 g/mol. The molecule has 4 heteroatoms. The number of benzene rings is 9. The zero-order valence-electron chi connectivity index (χ0n) is 35.2. The molecule has 2 heterocycles. The van der Waals surface area contributed by atoms with Crippen LogP contribution in [0, 0.1) is 0 Å². The van der Waals surface area contributed by atoms with Crippen LogP contribution in [0.3, 0.4) is 0 Å². The van der Waals surface area contributed by atoms with Crippen LogP contribution >= 0.6 is 11.3 Å². The largest absolute Gasteiger partial charge is 0.314 e. The zero-order chi connectivity index (χ0) is 42.4. The summed E-state index contributed by atoms with van der Waals surface area (Å²) >= 11 is 1.86. The molecule has 0 bridgehead atoms. The smallest absolute Gasteiger partial charge is 0.0547 e. The van der Waals surface area contributed by atoms with E-state index in [1.165, 1.54) is 58.8 Å². The van der Waals surface area contributed by atoms with Gasteiger partial charge in [0.1, 0.15) is 0 Å². The minimum atomic E-state index is 0.905. The summed E-state index contributed by atoms with van der Waals surface area (Å²) < 4.78 is 5.00. The Morgan fingerprint density at radius 1 is 0.344 bits per heavy atom. The molecule has 12 rings (SSSR count). The van der Waals surface area contributed by atoms with Gasteiger partial charge in [-0.1, -0.05) is 140 Å². The van der Waals surface area contributed by atoms with Crippen molar-refractivity contribution in [3.63, 3.8) is 0 Å². The highest BCUT2D eigenvalue weighted by Crippen LogP contribution is 2.46. The number of anilines is 5. The van der Waals surface area contributed by atoms with E-state index in [1.54, 1.807) is 0 Å². The molecule has 1 aliphatic rings. The molecule has 0 aliphatic heterocycles. The second-order valence-corrected chi connectivity index (χ2v) is 17.6. The second kappa shape index (κ2) is 16.1. The number of allylic oxidation sites excluding steroid dienone is 4. The fraction of sp³-hybridized carbons (Fsp3) is 0.0333. The summed E-state index contributed by atoms with van der Waals surface area (Å²) in [6, 6.07) is 81.9. The van der Waals surface area contributed by atoms with Crippen LogP contribution in [-0.4, -0.2) is 4.57 Å². The van der Waals surface area contributed by atoms with E-state index >= 15 is 0 Å². The van der Waals surface area contributed by atoms with Gasteiger partial charge in [0.2, 0.25) is 0 Å². The first kappa shape index (κ1) is 37.8. The summed E-state index contributed by atoms with van der Waals surface area (Å²) in [5.74, 6) is 0. The Labute approximate surface area is 377 Å². The molecule has 0 N–H and O–H groups in total. The van der Waals surface area contributed by atoms with E-state index in [-0.39, 0.29) is 0 Å². The van der Waals surface area contributed by atoms with Crippen molar-refractivity contribution in [3.8, 4) is 16.8 Å². The van der Waals surface area contributed by atoms with Gasteiger partial charge in [0, 0.05) is 70.8 Å². The lowest BCUT2D eigenvalue weighted by atomic mass is 9.94. The van der Waals surface area contributed by atoms with E-state index < -0.39 is 0 Å². The standard InChI is InChI=1S/C60H43N3S/c1-5-17-42(18-6-1)43-29-32-49(33-30-43)61(46-19-7-2-8-20-46)51-37-45(44-31-35-54-53-25-13-15-27-57(53)63(58(54)39-44)48-23-11-4-12-24-48)38-52(40-51)62(47-21-9-3-10-22-47)50-34-36-60-56(41-50)55-26-14-16-28-59(55)64-60/h1-29,31-32,34-41H,30,33H2. The van der Waals surface area contributed by atoms with Crippen LogP contribution in [0.15, 0.2) is 242 Å². The fourth-order valence-electron chi connectivity index (χ4n) is 9.67. The van der Waals surface area contributed by atoms with Crippen LogP contribution in [-0.2, 0) is 0 Å². The second-order valence-electron chi connectivity index (χ2n) is 16.5. The number of hydrogen-bond donors (Lipinski definition) is 0. The molecule has 3 nitrogen and oxygen atoms in total. The molecule has 0 spiro atoms. The summed E-state index contributed by atoms with van der Waals surface area (Å²) in [7, 11) is 0. The molecule has 0 atom stereocenters. The number of aromatic nitrogens is 1. The van der Waals surface area contributed by atoms with Gasteiger partial charge in [0.15, 0.2) is 0 Å². The number of fused-ring (bicyclic) bond motifs is 6. The van der Waals surface area contributed by atoms with Crippen molar-refractivity contribution in [1.82, 2.24) is 4.57 Å². The fourth-order valence-corrected chi connectivity index (χ4v) is 10.8. The highest BCUT2D eigenvalue weighted by Gasteiger charge is 2.23. The first-order chi connectivity index (χ1) is 31.7. The molecule has 0 saturated carbocycles. The van der Waals surface area contributed by atoms with Crippen molar-refractivity contribution in [2.45, 2.75) is 12.8 Å². The van der Waals surface area contributed by atoms with Crippen molar-refractivity contribution in [1.29, 1.82) is 0 Å². The van der Waals surface area contributed by atoms with Crippen molar-refractivity contribution >= 4 is 87.3 Å². The van der Waals surface area contributed by atoms with Crippen LogP contribution in [0.1, 0.15) is 18.4 Å². The van der Waals surface area contributed by atoms with E-state index in [0.717, 1.165) is 58.1 Å². The van der Waals surface area contributed by atoms with E-state index in [1.807, 2.05) is 11.3 Å². The molecule has 304 valence electrons. The quantitative estimate of drug-likeness (QED) is 0.143. The molecule has 2 aromatic heterocycles. The van der Waals surface area contributed by atoms with Crippen molar-refractivity contribution < 1.29 is 0 Å². The minimum absolute atomic E-state index is 0.905. The Balaban J connectivity index is 1.11. The lowest BCUT2D eigenvalue weighted by Gasteiger charge is -2.32. The average molecular weight is 838 g/mol. The van der Waals surface area contributed by atoms with E-state index in [0.29, 0.717) is 0 Å². The molecule has 64 heavy (non-hydrogen) atoms. The van der Waals surface area contributed by atoms with Gasteiger partial charge in [0.25, 0.3) is 0 Å². The monoisotopic (exact) mass is 837 g/mol. The SMILES string of the molecule is C1=C(c2ccccc2)CCC(N(c2ccccc2)c2cc(-c3ccc4c5ccccc5n(-c5ccccc5)c4c3)cc(N(c3ccccc3)c3ccc4sc5ccccc5c4c3)c2)=C1. The lowest BCUT2D eigenvalue weighted by molar-refractivity contribution is 0.930. The third kappa shape index (κ3) is 6.76. The van der Waals surface area contributed by atoms with E-state index in [9.17, 15) is 0 Å². The summed E-state index contributed by atoms with van der Waals surface area (Å²) in [4.78, 5) is 4.91. The zero-order valence-corrected chi connectivity index (χ0v) is 36.0. The first-order valence-corrected chi connectivity index (χ1v) is 22.9. The third-order valence-corrected chi connectivity index (χ3v) is 13.8. The van der Waals surface area contributed by atoms with Gasteiger partial charge < -0.3 is 14.4 Å². The maximum Gasteiger partial charge on any atom is 0.0547 e. The van der Waals surface area contributed by atoms with Crippen LogP contribution in [0.5, 0.6) is 0 Å². The van der Waals surface area contributed by atoms with Gasteiger partial charge >= 0.3 is 0 Å². The number of hydrogen-bond acceptors (Lipinski definition) is 3. The lowest BCUT2D eigenvalue weighted by Crippen LogP contribution is -2.19. The third-order valence-electron chi connectivity index (χ3n) is 12.6. The van der Waals surface area contributed by atoms with Gasteiger partial charge in [-0.25, -0.2) is 0 Å². The van der Waals surface area contributed by atoms with Crippen LogP contribution < -0.4 is 9.80 Å². The molecule has 1 aliphatic carbocycles. The predicted octanol–water partition coefficient (Wildman–Crippen LogP) is 17.2. The van der Waals surface area contributed by atoms with Crippen LogP contribution in [0.25, 0.3) is 64.4 Å². The van der Waals surface area contributed by atoms with Crippen LogP contribution in [0.2, 0.25) is 0 Å². The van der Waals surface area contributed by atoms with Gasteiger partial charge in [-0.15, -0.1) is 11.3 Å². The normalized spacial score (nSPS) is 12.8. The summed E-state index contributed by atoms with van der Waals surface area (Å²) in [5.41, 5.74) is 15.2. The Kier molecular flexibility index (Phi) is 9.50. The van der Waals surface area contributed by atoms with Crippen LogP contribution in [0.4, 0.5) is 28.4 Å².